The van der Waals surface area contributed by atoms with Gasteiger partial charge in [0, 0.05) is 7.05 Å². The topological polar surface area (TPSA) is 32.7 Å². The van der Waals surface area contributed by atoms with Crippen molar-refractivity contribution in [2.45, 2.75) is 6.92 Å². The second kappa shape index (κ2) is 5.10. The number of hydrogen-bond acceptors (Lipinski definition) is 2. The molecule has 78 valence electrons. The molecule has 0 fully saturated rings. The van der Waals surface area contributed by atoms with Gasteiger partial charge in [-0.2, -0.15) is 0 Å². The average molecular weight is 202 g/mol. The van der Waals surface area contributed by atoms with Crippen LogP contribution in [0.4, 0.5) is 5.69 Å². The molecule has 15 heavy (non-hydrogen) atoms. The normalized spacial score (nSPS) is 10.3. The molecule has 3 heteroatoms. The molecule has 1 amide bonds. The summed E-state index contributed by atoms with van der Waals surface area (Å²) in [5, 5.41) is 0. The quantitative estimate of drug-likeness (QED) is 0.420. The van der Waals surface area contributed by atoms with Gasteiger partial charge in [0.25, 0.3) is 5.91 Å². The smallest absolute Gasteiger partial charge is 0.255 e. The molecule has 0 saturated carbocycles. The van der Waals surface area contributed by atoms with E-state index < -0.39 is 0 Å². The predicted molar refractivity (Wildman–Crippen MR) is 63.3 cm³/mol. The van der Waals surface area contributed by atoms with E-state index in [-0.39, 0.29) is 5.91 Å². The number of anilines is 1. The zero-order valence-electron chi connectivity index (χ0n) is 8.97. The van der Waals surface area contributed by atoms with Crippen molar-refractivity contribution in [3.05, 3.63) is 42.5 Å². The first kappa shape index (κ1) is 11.2. The summed E-state index contributed by atoms with van der Waals surface area (Å²) in [5.74, 6) is -0.190. The Kier molecular flexibility index (Phi) is 3.80. The molecular formula is C12H14N2O. The van der Waals surface area contributed by atoms with Crippen molar-refractivity contribution in [1.29, 1.82) is 0 Å². The van der Waals surface area contributed by atoms with Crippen LogP contribution in [0.3, 0.4) is 0 Å². The second-order valence-electron chi connectivity index (χ2n) is 3.12. The van der Waals surface area contributed by atoms with Crippen molar-refractivity contribution in [3.63, 3.8) is 0 Å². The highest BCUT2D eigenvalue weighted by Gasteiger charge is 2.09. The zero-order chi connectivity index (χ0) is 11.3. The van der Waals surface area contributed by atoms with E-state index in [9.17, 15) is 4.79 Å². The summed E-state index contributed by atoms with van der Waals surface area (Å²) in [5.41, 5.74) is 1.94. The van der Waals surface area contributed by atoms with E-state index >= 15 is 0 Å². The number of benzene rings is 1. The summed E-state index contributed by atoms with van der Waals surface area (Å²) in [6, 6.07) is 7.64. The van der Waals surface area contributed by atoms with E-state index in [0.29, 0.717) is 0 Å². The molecular weight excluding hydrogens is 188 g/mol. The lowest BCUT2D eigenvalue weighted by Gasteiger charge is -2.15. The minimum Gasteiger partial charge on any atom is -0.278 e. The first-order chi connectivity index (χ1) is 7.19. The number of carbonyl (C=O) groups is 1. The Bertz CT molecular complexity index is 379. The van der Waals surface area contributed by atoms with Crippen LogP contribution in [0.25, 0.3) is 0 Å². The van der Waals surface area contributed by atoms with Crippen molar-refractivity contribution in [3.8, 4) is 0 Å². The molecule has 0 spiro atoms. The van der Waals surface area contributed by atoms with Crippen molar-refractivity contribution < 1.29 is 4.79 Å². The van der Waals surface area contributed by atoms with Crippen LogP contribution in [-0.2, 0) is 4.79 Å². The number of nitrogens with zero attached hydrogens (tertiary/aromatic N) is 2. The number of aliphatic imine (C=N–C) groups is 1. The van der Waals surface area contributed by atoms with Crippen molar-refractivity contribution in [2.75, 3.05) is 11.9 Å². The van der Waals surface area contributed by atoms with Crippen LogP contribution < -0.4 is 4.90 Å². The van der Waals surface area contributed by atoms with Gasteiger partial charge >= 0.3 is 0 Å². The van der Waals surface area contributed by atoms with Crippen LogP contribution in [0.2, 0.25) is 0 Å². The Labute approximate surface area is 89.7 Å². The fourth-order valence-corrected chi connectivity index (χ4v) is 1.17. The van der Waals surface area contributed by atoms with Crippen molar-refractivity contribution in [2.24, 2.45) is 4.99 Å². The molecule has 0 atom stereocenters. The van der Waals surface area contributed by atoms with Crippen LogP contribution in [-0.4, -0.2) is 19.3 Å². The van der Waals surface area contributed by atoms with Crippen LogP contribution in [0, 0.1) is 6.92 Å². The Morgan fingerprint density at radius 3 is 2.47 bits per heavy atom. The molecule has 0 aromatic heterocycles. The van der Waals surface area contributed by atoms with Crippen LogP contribution in [0.5, 0.6) is 0 Å². The molecule has 0 aliphatic heterocycles. The lowest BCUT2D eigenvalue weighted by atomic mass is 10.2. The van der Waals surface area contributed by atoms with Gasteiger partial charge in [0.1, 0.15) is 0 Å². The van der Waals surface area contributed by atoms with Crippen LogP contribution >= 0.6 is 0 Å². The number of carbonyl (C=O) groups excluding carboxylic acids is 1. The van der Waals surface area contributed by atoms with E-state index in [4.69, 9.17) is 0 Å². The molecule has 3 nitrogen and oxygen atoms in total. The lowest BCUT2D eigenvalue weighted by molar-refractivity contribution is -0.113. The van der Waals surface area contributed by atoms with E-state index in [1.165, 1.54) is 17.3 Å². The highest BCUT2D eigenvalue weighted by atomic mass is 16.2. The van der Waals surface area contributed by atoms with Gasteiger partial charge < -0.3 is 0 Å². The molecule has 0 unspecified atom stereocenters. The van der Waals surface area contributed by atoms with Gasteiger partial charge in [-0.1, -0.05) is 24.3 Å². The highest BCUT2D eigenvalue weighted by Crippen LogP contribution is 2.14. The number of rotatable bonds is 3. The molecule has 1 rings (SSSR count). The molecule has 0 radical (unpaired) electrons. The van der Waals surface area contributed by atoms with Gasteiger partial charge in [0.2, 0.25) is 0 Å². The average Bonchev–Trinajstić information content (AvgIpc) is 2.26. The largest absolute Gasteiger partial charge is 0.278 e. The molecule has 0 bridgehead atoms. The summed E-state index contributed by atoms with van der Waals surface area (Å²) >= 11 is 0. The summed E-state index contributed by atoms with van der Waals surface area (Å²) in [7, 11) is 1.62. The van der Waals surface area contributed by atoms with Gasteiger partial charge in [-0.05, 0) is 25.1 Å². The van der Waals surface area contributed by atoms with Crippen LogP contribution in [0.1, 0.15) is 5.56 Å². The maximum Gasteiger partial charge on any atom is 0.255 e. The maximum atomic E-state index is 11.5. The lowest BCUT2D eigenvalue weighted by Crippen LogP contribution is -2.27. The maximum absolute atomic E-state index is 11.5. The van der Waals surface area contributed by atoms with Crippen molar-refractivity contribution in [1.82, 2.24) is 0 Å². The third-order valence-corrected chi connectivity index (χ3v) is 1.96. The third kappa shape index (κ3) is 2.77. The third-order valence-electron chi connectivity index (χ3n) is 1.96. The Morgan fingerprint density at radius 2 is 2.00 bits per heavy atom. The van der Waals surface area contributed by atoms with E-state index in [1.807, 2.05) is 31.2 Å². The first-order valence-corrected chi connectivity index (χ1v) is 4.63. The number of amides is 1. The monoisotopic (exact) mass is 202 g/mol. The van der Waals surface area contributed by atoms with E-state index in [0.717, 1.165) is 11.3 Å². The zero-order valence-corrected chi connectivity index (χ0v) is 8.97. The number of aryl methyl sites for hydroxylation is 1. The molecule has 0 aliphatic carbocycles. The molecule has 1 aromatic carbocycles. The second-order valence-corrected chi connectivity index (χ2v) is 3.12. The fraction of sp³-hybridized carbons (Fsp3) is 0.167. The Morgan fingerprint density at radius 1 is 1.40 bits per heavy atom. The van der Waals surface area contributed by atoms with E-state index in [1.54, 1.807) is 7.05 Å². The van der Waals surface area contributed by atoms with Gasteiger partial charge in [-0.15, -0.1) is 0 Å². The van der Waals surface area contributed by atoms with Crippen LogP contribution in [0.15, 0.2) is 41.9 Å². The summed E-state index contributed by atoms with van der Waals surface area (Å²) in [6.45, 7) is 5.45. The molecule has 1 aromatic rings. The van der Waals surface area contributed by atoms with Gasteiger partial charge in [-0.25, -0.2) is 0 Å². The predicted octanol–water partition coefficient (Wildman–Crippen LogP) is 2.17. The minimum absolute atomic E-state index is 0.190. The summed E-state index contributed by atoms with van der Waals surface area (Å²) in [6.07, 6.45) is 2.75. The molecule has 0 saturated heterocycles. The number of hydrogen-bond donors (Lipinski definition) is 0. The molecule has 0 aliphatic rings. The summed E-state index contributed by atoms with van der Waals surface area (Å²) < 4.78 is 0. The SMILES string of the molecule is C=CC(=O)N(C=NC)c1ccc(C)cc1. The first-order valence-electron chi connectivity index (χ1n) is 4.63. The standard InChI is InChI=1S/C12H14N2O/c1-4-12(15)14(9-13-3)11-7-5-10(2)6-8-11/h4-9H,1H2,2-3H3. The minimum atomic E-state index is -0.190. The highest BCUT2D eigenvalue weighted by molar-refractivity contribution is 6.13. The van der Waals surface area contributed by atoms with Gasteiger partial charge in [-0.3, -0.25) is 14.7 Å². The van der Waals surface area contributed by atoms with Gasteiger partial charge in [0.15, 0.2) is 0 Å². The fourth-order valence-electron chi connectivity index (χ4n) is 1.17. The Hall–Kier alpha value is -1.90. The molecule has 0 heterocycles. The summed E-state index contributed by atoms with van der Waals surface area (Å²) in [4.78, 5) is 16.8. The van der Waals surface area contributed by atoms with E-state index in [2.05, 4.69) is 11.6 Å². The van der Waals surface area contributed by atoms with Gasteiger partial charge in [0.05, 0.1) is 12.0 Å². The Balaban J connectivity index is 3.04. The van der Waals surface area contributed by atoms with Crippen molar-refractivity contribution >= 4 is 17.9 Å². The molecule has 0 N–H and O–H groups in total.